The number of carbonyl (C=O) groups excluding carboxylic acids is 3. The summed E-state index contributed by atoms with van der Waals surface area (Å²) in [4.78, 5) is 41.5. The van der Waals surface area contributed by atoms with Crippen molar-refractivity contribution < 1.29 is 14.4 Å². The summed E-state index contributed by atoms with van der Waals surface area (Å²) >= 11 is 15.4. The molecule has 0 fully saturated rings. The number of hydrogen-bond acceptors (Lipinski definition) is 6. The second kappa shape index (κ2) is 16.2. The minimum absolute atomic E-state index is 0.0394. The zero-order valence-corrected chi connectivity index (χ0v) is 29.7. The van der Waals surface area contributed by atoms with Crippen LogP contribution in [0.4, 0.5) is 10.7 Å². The second-order valence-corrected chi connectivity index (χ2v) is 14.4. The summed E-state index contributed by atoms with van der Waals surface area (Å²) in [7, 11) is 0. The van der Waals surface area contributed by atoms with Gasteiger partial charge in [0, 0.05) is 21.0 Å². The Balaban J connectivity index is 1.11. The molecule has 1 unspecified atom stereocenters. The molecule has 1 aliphatic carbocycles. The predicted molar refractivity (Wildman–Crippen MR) is 203 cm³/mol. The van der Waals surface area contributed by atoms with Gasteiger partial charge in [0.2, 0.25) is 5.91 Å². The number of anilines is 2. The molecule has 0 aliphatic heterocycles. The number of halogens is 2. The monoisotopic (exact) mass is 736 g/mol. The normalized spacial score (nSPS) is 13.9. The topological polar surface area (TPSA) is 111 Å². The van der Waals surface area contributed by atoms with Crippen LogP contribution in [-0.2, 0) is 22.4 Å². The maximum atomic E-state index is 13.5. The van der Waals surface area contributed by atoms with Crippen molar-refractivity contribution in [1.29, 1.82) is 5.26 Å². The summed E-state index contributed by atoms with van der Waals surface area (Å²) in [5.41, 5.74) is 4.14. The Kier molecular flexibility index (Phi) is 11.4. The number of nitrogens with one attached hydrogen (secondary N) is 3. The van der Waals surface area contributed by atoms with Crippen molar-refractivity contribution in [3.8, 4) is 6.07 Å². The van der Waals surface area contributed by atoms with Crippen LogP contribution < -0.4 is 16.0 Å². The van der Waals surface area contributed by atoms with Crippen molar-refractivity contribution in [2.24, 2.45) is 0 Å². The van der Waals surface area contributed by atoms with Crippen LogP contribution in [0.2, 0.25) is 10.0 Å². The largest absolute Gasteiger partial charge is 0.321 e. The van der Waals surface area contributed by atoms with Gasteiger partial charge in [-0.1, -0.05) is 89.9 Å². The fourth-order valence-corrected chi connectivity index (χ4v) is 8.12. The summed E-state index contributed by atoms with van der Waals surface area (Å²) in [6, 6.07) is 33.3. The molecule has 250 valence electrons. The standard InChI is InChI=1S/C39H30Cl2N4O3S2/c40-32-16-7-13-27(36(32)41)19-33(44-37(47)25-11-5-2-6-12-25)38(48)43-28-14-8-15-29(21-28)49-23-35(46)45-39-31(22-42)30-18-17-26(20-34(30)50-39)24-9-3-1-4-10-24/h1-16,19,21,26H,17-18,20,23H2,(H,43,48)(H,44,47)(H,45,46)/b33-19+. The number of rotatable bonds is 10. The van der Waals surface area contributed by atoms with Gasteiger partial charge < -0.3 is 16.0 Å². The number of nitriles is 1. The Morgan fingerprint density at radius 2 is 1.66 bits per heavy atom. The maximum absolute atomic E-state index is 13.5. The van der Waals surface area contributed by atoms with Crippen molar-refractivity contribution in [2.75, 3.05) is 16.4 Å². The van der Waals surface area contributed by atoms with Gasteiger partial charge in [-0.25, -0.2) is 0 Å². The Morgan fingerprint density at radius 3 is 2.42 bits per heavy atom. The van der Waals surface area contributed by atoms with Gasteiger partial charge >= 0.3 is 0 Å². The zero-order valence-electron chi connectivity index (χ0n) is 26.5. The Hall–Kier alpha value is -4.85. The molecule has 4 aromatic carbocycles. The van der Waals surface area contributed by atoms with Crippen LogP contribution in [0.5, 0.6) is 0 Å². The van der Waals surface area contributed by atoms with Crippen molar-refractivity contribution in [1.82, 2.24) is 5.32 Å². The molecular weight excluding hydrogens is 707 g/mol. The molecule has 1 aromatic heterocycles. The third-order valence-corrected chi connectivity index (χ3v) is 11.2. The van der Waals surface area contributed by atoms with E-state index in [0.29, 0.717) is 38.3 Å². The van der Waals surface area contributed by atoms with Crippen molar-refractivity contribution in [3.63, 3.8) is 0 Å². The average molecular weight is 738 g/mol. The first-order valence-electron chi connectivity index (χ1n) is 15.7. The first-order valence-corrected chi connectivity index (χ1v) is 18.3. The van der Waals surface area contributed by atoms with Crippen LogP contribution in [0.15, 0.2) is 114 Å². The fourth-order valence-electron chi connectivity index (χ4n) is 5.71. The minimum Gasteiger partial charge on any atom is -0.321 e. The minimum atomic E-state index is -0.578. The second-order valence-electron chi connectivity index (χ2n) is 11.5. The molecule has 1 atom stereocenters. The smallest absolute Gasteiger partial charge is 0.272 e. The van der Waals surface area contributed by atoms with Gasteiger partial charge in [-0.2, -0.15) is 5.26 Å². The summed E-state index contributed by atoms with van der Waals surface area (Å²) in [5, 5.41) is 19.6. The number of hydrogen-bond donors (Lipinski definition) is 3. The molecule has 0 spiro atoms. The number of nitrogens with zero attached hydrogens (tertiary/aromatic N) is 1. The van der Waals surface area contributed by atoms with Gasteiger partial charge in [0.25, 0.3) is 11.8 Å². The van der Waals surface area contributed by atoms with E-state index in [-0.39, 0.29) is 22.4 Å². The van der Waals surface area contributed by atoms with Crippen LogP contribution in [0.3, 0.4) is 0 Å². The fraction of sp³-hybridized carbons (Fsp3) is 0.128. The molecule has 3 N–H and O–H groups in total. The zero-order chi connectivity index (χ0) is 35.0. The van der Waals surface area contributed by atoms with E-state index in [0.717, 1.165) is 34.6 Å². The molecule has 0 radical (unpaired) electrons. The Bertz CT molecular complexity index is 2130. The van der Waals surface area contributed by atoms with Gasteiger partial charge in [0.15, 0.2) is 0 Å². The highest BCUT2D eigenvalue weighted by atomic mass is 35.5. The molecule has 0 saturated heterocycles. The highest BCUT2D eigenvalue weighted by Gasteiger charge is 2.27. The highest BCUT2D eigenvalue weighted by Crippen LogP contribution is 2.42. The predicted octanol–water partition coefficient (Wildman–Crippen LogP) is 9.34. The van der Waals surface area contributed by atoms with Crippen molar-refractivity contribution in [3.05, 3.63) is 152 Å². The van der Waals surface area contributed by atoms with Gasteiger partial charge in [0.1, 0.15) is 16.8 Å². The molecule has 1 aliphatic rings. The van der Waals surface area contributed by atoms with E-state index in [1.807, 2.05) is 24.3 Å². The number of amides is 3. The van der Waals surface area contributed by atoms with Gasteiger partial charge in [-0.05, 0) is 84.3 Å². The lowest BCUT2D eigenvalue weighted by Crippen LogP contribution is -2.30. The molecule has 50 heavy (non-hydrogen) atoms. The van der Waals surface area contributed by atoms with Crippen LogP contribution in [-0.4, -0.2) is 23.5 Å². The molecule has 0 saturated carbocycles. The highest BCUT2D eigenvalue weighted by molar-refractivity contribution is 8.00. The molecule has 1 heterocycles. The number of thioether (sulfide) groups is 1. The first kappa shape index (κ1) is 35.0. The molecule has 0 bridgehead atoms. The average Bonchev–Trinajstić information content (AvgIpc) is 3.49. The molecule has 11 heteroatoms. The summed E-state index contributed by atoms with van der Waals surface area (Å²) < 4.78 is 0. The number of fused-ring (bicyclic) bond motifs is 1. The lowest BCUT2D eigenvalue weighted by molar-refractivity contribution is -0.114. The molecule has 7 nitrogen and oxygen atoms in total. The van der Waals surface area contributed by atoms with Crippen molar-refractivity contribution in [2.45, 2.75) is 30.1 Å². The number of benzene rings is 4. The lowest BCUT2D eigenvalue weighted by Gasteiger charge is -2.22. The summed E-state index contributed by atoms with van der Waals surface area (Å²) in [6.07, 6.45) is 4.08. The van der Waals surface area contributed by atoms with Crippen LogP contribution in [0, 0.1) is 11.3 Å². The number of carbonyl (C=O) groups is 3. The SMILES string of the molecule is N#Cc1c(NC(=O)CSc2cccc(NC(=O)/C(=C\c3cccc(Cl)c3Cl)NC(=O)c3ccccc3)c2)sc2c1CCC(c1ccccc1)C2. The van der Waals surface area contributed by atoms with E-state index in [4.69, 9.17) is 23.2 Å². The molecular formula is C39H30Cl2N4O3S2. The Morgan fingerprint density at radius 1 is 0.920 bits per heavy atom. The molecule has 6 rings (SSSR count). The maximum Gasteiger partial charge on any atom is 0.272 e. The van der Waals surface area contributed by atoms with E-state index in [9.17, 15) is 19.6 Å². The number of thiophene rings is 1. The van der Waals surface area contributed by atoms with Crippen LogP contribution in [0.25, 0.3) is 6.08 Å². The third kappa shape index (κ3) is 8.47. The van der Waals surface area contributed by atoms with Crippen LogP contribution >= 0.6 is 46.3 Å². The summed E-state index contributed by atoms with van der Waals surface area (Å²) in [5.74, 6) is -0.787. The van der Waals surface area contributed by atoms with Crippen LogP contribution in [0.1, 0.15) is 49.8 Å². The van der Waals surface area contributed by atoms with Gasteiger partial charge in [-0.3, -0.25) is 14.4 Å². The Labute approximate surface area is 308 Å². The van der Waals surface area contributed by atoms with Gasteiger partial charge in [-0.15, -0.1) is 23.1 Å². The van der Waals surface area contributed by atoms with Crippen molar-refractivity contribution >= 4 is 80.8 Å². The van der Waals surface area contributed by atoms with E-state index in [2.05, 4.69) is 34.2 Å². The summed E-state index contributed by atoms with van der Waals surface area (Å²) in [6.45, 7) is 0. The lowest BCUT2D eigenvalue weighted by atomic mass is 9.83. The molecule has 3 amide bonds. The van der Waals surface area contributed by atoms with Gasteiger partial charge in [0.05, 0.1) is 21.4 Å². The quantitative estimate of drug-likeness (QED) is 0.0978. The third-order valence-electron chi connectivity index (χ3n) is 8.17. The van der Waals surface area contributed by atoms with E-state index >= 15 is 0 Å². The van der Waals surface area contributed by atoms with E-state index in [1.165, 1.54) is 34.7 Å². The van der Waals surface area contributed by atoms with E-state index in [1.54, 1.807) is 66.7 Å². The van der Waals surface area contributed by atoms with E-state index < -0.39 is 11.8 Å². The first-order chi connectivity index (χ1) is 24.3. The molecule has 5 aromatic rings.